The molecule has 0 saturated heterocycles. The molecule has 0 amide bonds. The quantitative estimate of drug-likeness (QED) is 0.210. The minimum Gasteiger partial charge on any atom is -0.493 e. The Hall–Kier alpha value is -4.17. The molecule has 0 aliphatic heterocycles. The van der Waals surface area contributed by atoms with Gasteiger partial charge in [-0.05, 0) is 60.7 Å². The van der Waals surface area contributed by atoms with E-state index >= 15 is 0 Å². The van der Waals surface area contributed by atoms with Gasteiger partial charge < -0.3 is 15.7 Å². The van der Waals surface area contributed by atoms with Crippen LogP contribution < -0.4 is 10.6 Å². The zero-order chi connectivity index (χ0) is 25.8. The number of imidazole rings is 1. The normalized spacial score (nSPS) is 11.2. The molecule has 3 N–H and O–H groups in total. The molecule has 0 aliphatic rings. The molecule has 0 unspecified atom stereocenters. The Morgan fingerprint density at radius 2 is 1.70 bits per heavy atom. The lowest BCUT2D eigenvalue weighted by atomic mass is 10.1. The number of rotatable bonds is 9. The second-order valence-corrected chi connectivity index (χ2v) is 10.3. The smallest absolute Gasteiger partial charge is 0.267 e. The van der Waals surface area contributed by atoms with Crippen molar-refractivity contribution < 1.29 is 9.90 Å². The molecule has 188 valence electrons. The maximum atomic E-state index is 13.2. The number of carbonyl (C=O) groups excluding carboxylic acids is 1. The van der Waals surface area contributed by atoms with E-state index in [0.717, 1.165) is 29.3 Å². The van der Waals surface area contributed by atoms with Crippen molar-refractivity contribution in [3.05, 3.63) is 95.7 Å². The van der Waals surface area contributed by atoms with Crippen LogP contribution in [0, 0.1) is 5.92 Å². The van der Waals surface area contributed by atoms with E-state index in [1.54, 1.807) is 35.6 Å². The number of hydrogen-bond acceptors (Lipinski definition) is 7. The Balaban J connectivity index is 1.28. The van der Waals surface area contributed by atoms with Gasteiger partial charge in [-0.3, -0.25) is 4.79 Å². The molecule has 0 atom stereocenters. The van der Waals surface area contributed by atoms with Gasteiger partial charge in [-0.15, -0.1) is 0 Å². The minimum atomic E-state index is -0.333. The molecule has 0 fully saturated rings. The summed E-state index contributed by atoms with van der Waals surface area (Å²) >= 11 is 1.66. The summed E-state index contributed by atoms with van der Waals surface area (Å²) in [5.74, 6) is 0.125. The summed E-state index contributed by atoms with van der Waals surface area (Å²) in [5.41, 5.74) is 3.94. The average Bonchev–Trinajstić information content (AvgIpc) is 3.45. The van der Waals surface area contributed by atoms with E-state index in [2.05, 4.69) is 40.5 Å². The molecule has 0 radical (unpaired) electrons. The van der Waals surface area contributed by atoms with Crippen LogP contribution in [-0.4, -0.2) is 32.1 Å². The van der Waals surface area contributed by atoms with Gasteiger partial charge in [0.05, 0.1) is 10.2 Å². The largest absolute Gasteiger partial charge is 0.493 e. The third-order valence-corrected chi connectivity index (χ3v) is 6.94. The van der Waals surface area contributed by atoms with Gasteiger partial charge in [-0.2, -0.15) is 0 Å². The van der Waals surface area contributed by atoms with E-state index in [4.69, 9.17) is 0 Å². The van der Waals surface area contributed by atoms with E-state index in [1.165, 1.54) is 14.8 Å². The molecule has 0 bridgehead atoms. The van der Waals surface area contributed by atoms with Gasteiger partial charge in [0.1, 0.15) is 5.69 Å². The Kier molecular flexibility index (Phi) is 7.18. The van der Waals surface area contributed by atoms with Crippen LogP contribution in [0.2, 0.25) is 0 Å². The summed E-state index contributed by atoms with van der Waals surface area (Å²) in [6.45, 7) is 4.87. The van der Waals surface area contributed by atoms with E-state index in [-0.39, 0.29) is 17.7 Å². The highest BCUT2D eigenvalue weighted by molar-refractivity contribution is 7.22. The zero-order valence-corrected chi connectivity index (χ0v) is 21.6. The summed E-state index contributed by atoms with van der Waals surface area (Å²) in [4.78, 5) is 22.4. The predicted molar refractivity (Wildman–Crippen MR) is 150 cm³/mol. The molecule has 37 heavy (non-hydrogen) atoms. The van der Waals surface area contributed by atoms with Crippen molar-refractivity contribution in [2.45, 2.75) is 26.7 Å². The average molecular weight is 512 g/mol. The maximum Gasteiger partial charge on any atom is 0.267 e. The number of carbonyl (C=O) groups is 1. The molecule has 3 aromatic carbocycles. The van der Waals surface area contributed by atoms with Crippen LogP contribution >= 0.6 is 11.3 Å². The molecule has 0 saturated carbocycles. The van der Waals surface area contributed by atoms with Gasteiger partial charge in [-0.1, -0.05) is 67.6 Å². The predicted octanol–water partition coefficient (Wildman–Crippen LogP) is 6.48. The number of fused-ring (bicyclic) bond motifs is 1. The third kappa shape index (κ3) is 5.65. The molecule has 2 heterocycles. The fourth-order valence-corrected chi connectivity index (χ4v) is 5.00. The lowest BCUT2D eigenvalue weighted by Crippen LogP contribution is -2.14. The second-order valence-electron chi connectivity index (χ2n) is 9.30. The van der Waals surface area contributed by atoms with Crippen LogP contribution in [0.3, 0.4) is 0 Å². The highest BCUT2D eigenvalue weighted by Gasteiger charge is 2.23. The number of thiazole rings is 1. The van der Waals surface area contributed by atoms with Crippen LogP contribution in [0.4, 0.5) is 16.8 Å². The summed E-state index contributed by atoms with van der Waals surface area (Å²) in [6.07, 6.45) is 1.41. The summed E-state index contributed by atoms with van der Waals surface area (Å²) < 4.78 is 2.43. The number of anilines is 3. The van der Waals surface area contributed by atoms with Crippen molar-refractivity contribution in [3.63, 3.8) is 0 Å². The lowest BCUT2D eigenvalue weighted by molar-refractivity contribution is 0.0953. The fraction of sp³-hybridized carbons (Fsp3) is 0.207. The summed E-state index contributed by atoms with van der Waals surface area (Å²) in [5, 5.41) is 18.4. The third-order valence-electron chi connectivity index (χ3n) is 5.94. The molecular weight excluding hydrogens is 482 g/mol. The zero-order valence-electron chi connectivity index (χ0n) is 20.8. The van der Waals surface area contributed by atoms with Crippen molar-refractivity contribution >= 4 is 44.2 Å². The van der Waals surface area contributed by atoms with Gasteiger partial charge in [0.25, 0.3) is 5.91 Å². The van der Waals surface area contributed by atoms with Crippen LogP contribution in [0.5, 0.6) is 5.88 Å². The summed E-state index contributed by atoms with van der Waals surface area (Å²) in [6, 6.07) is 25.0. The van der Waals surface area contributed by atoms with Gasteiger partial charge in [0.2, 0.25) is 11.8 Å². The van der Waals surface area contributed by atoms with Crippen LogP contribution in [0.1, 0.15) is 35.5 Å². The summed E-state index contributed by atoms with van der Waals surface area (Å²) in [7, 11) is 0. The Bertz CT molecular complexity index is 1470. The number of aromatic hydroxyl groups is 1. The molecule has 2 aromatic heterocycles. The van der Waals surface area contributed by atoms with E-state index in [9.17, 15) is 9.90 Å². The fourth-order valence-electron chi connectivity index (χ4n) is 4.11. The van der Waals surface area contributed by atoms with Crippen molar-refractivity contribution in [3.8, 4) is 5.88 Å². The van der Waals surface area contributed by atoms with Gasteiger partial charge >= 0.3 is 0 Å². The van der Waals surface area contributed by atoms with Crippen molar-refractivity contribution in [2.24, 2.45) is 5.92 Å². The topological polar surface area (TPSA) is 92.1 Å². The first-order chi connectivity index (χ1) is 18.0. The number of para-hydroxylation sites is 1. The van der Waals surface area contributed by atoms with E-state index in [1.807, 2.05) is 48.5 Å². The lowest BCUT2D eigenvalue weighted by Gasteiger charge is -2.10. The highest BCUT2D eigenvalue weighted by atomic mass is 32.1. The van der Waals surface area contributed by atoms with Gasteiger partial charge in [0.15, 0.2) is 5.13 Å². The maximum absolute atomic E-state index is 13.2. The molecular formula is C29H29N5O2S. The van der Waals surface area contributed by atoms with Gasteiger partial charge in [-0.25, -0.2) is 14.5 Å². The molecule has 5 rings (SSSR count). The SMILES string of the molecule is CC(C)Cc1nc(Nc2ccc(CCNc3nc4ccccc4s3)cc2)n(C(=O)c2ccccc2)c1O. The Labute approximate surface area is 219 Å². The number of benzene rings is 3. The van der Waals surface area contributed by atoms with Crippen molar-refractivity contribution in [1.29, 1.82) is 0 Å². The molecule has 5 aromatic rings. The van der Waals surface area contributed by atoms with Crippen molar-refractivity contribution in [1.82, 2.24) is 14.5 Å². The molecule has 7 nitrogen and oxygen atoms in total. The first-order valence-corrected chi connectivity index (χ1v) is 13.2. The van der Waals surface area contributed by atoms with Crippen LogP contribution in [-0.2, 0) is 12.8 Å². The minimum absolute atomic E-state index is 0.123. The first kappa shape index (κ1) is 24.5. The Morgan fingerprint density at radius 3 is 2.43 bits per heavy atom. The number of aromatic nitrogens is 3. The number of hydrogen-bond donors (Lipinski definition) is 3. The van der Waals surface area contributed by atoms with E-state index < -0.39 is 0 Å². The standard InChI is InChI=1S/C29H29N5O2S/c1-19(2)18-24-27(36)34(26(35)21-8-4-3-5-9-21)28(32-24)31-22-14-12-20(13-15-22)16-17-30-29-33-23-10-6-7-11-25(23)37-29/h3-15,19,36H,16-18H2,1-2H3,(H,30,33)(H,31,32). The van der Waals surface area contributed by atoms with Crippen LogP contribution in [0.15, 0.2) is 78.9 Å². The molecule has 0 spiro atoms. The molecule has 0 aliphatic carbocycles. The highest BCUT2D eigenvalue weighted by Crippen LogP contribution is 2.29. The molecule has 8 heteroatoms. The van der Waals surface area contributed by atoms with Crippen molar-refractivity contribution in [2.75, 3.05) is 17.2 Å². The van der Waals surface area contributed by atoms with Gasteiger partial charge in [0, 0.05) is 17.8 Å². The second kappa shape index (κ2) is 10.8. The van der Waals surface area contributed by atoms with Crippen LogP contribution in [0.25, 0.3) is 10.2 Å². The number of nitrogens with one attached hydrogen (secondary N) is 2. The monoisotopic (exact) mass is 511 g/mol. The van der Waals surface area contributed by atoms with E-state index in [0.29, 0.717) is 23.6 Å². The number of nitrogens with zero attached hydrogens (tertiary/aromatic N) is 3. The first-order valence-electron chi connectivity index (χ1n) is 12.3. The Morgan fingerprint density at radius 1 is 0.973 bits per heavy atom.